The van der Waals surface area contributed by atoms with Gasteiger partial charge in [0, 0.05) is 22.9 Å². The summed E-state index contributed by atoms with van der Waals surface area (Å²) in [6.45, 7) is 5.80. The molecule has 2 rings (SSSR count). The molecule has 1 aromatic carbocycles. The van der Waals surface area contributed by atoms with E-state index in [1.165, 1.54) is 24.1 Å². The van der Waals surface area contributed by atoms with Crippen LogP contribution in [0.3, 0.4) is 0 Å². The molecule has 0 aliphatic carbocycles. The number of anilines is 1. The molecule has 1 saturated heterocycles. The zero-order valence-corrected chi connectivity index (χ0v) is 12.8. The Kier molecular flexibility index (Phi) is 4.37. The quantitative estimate of drug-likeness (QED) is 0.708. The SMILES string of the molecule is CC1CCC(C)N(c2ccc(CCl)cc2Br)C1. The Bertz CT molecular complexity index is 394. The van der Waals surface area contributed by atoms with Crippen molar-refractivity contribution < 1.29 is 0 Å². The molecule has 0 bridgehead atoms. The molecule has 1 fully saturated rings. The normalized spacial score (nSPS) is 25.1. The van der Waals surface area contributed by atoms with Crippen molar-refractivity contribution in [1.82, 2.24) is 0 Å². The van der Waals surface area contributed by atoms with Gasteiger partial charge in [-0.25, -0.2) is 0 Å². The third kappa shape index (κ3) is 2.97. The molecule has 2 atom stereocenters. The number of hydrogen-bond acceptors (Lipinski definition) is 1. The smallest absolute Gasteiger partial charge is 0.0513 e. The number of nitrogens with zero attached hydrogens (tertiary/aromatic N) is 1. The monoisotopic (exact) mass is 315 g/mol. The summed E-state index contributed by atoms with van der Waals surface area (Å²) in [5.74, 6) is 1.36. The Balaban J connectivity index is 2.26. The molecule has 3 heteroatoms. The fourth-order valence-corrected chi connectivity index (χ4v) is 3.31. The summed E-state index contributed by atoms with van der Waals surface area (Å²) in [5, 5.41) is 0. The van der Waals surface area contributed by atoms with Gasteiger partial charge in [0.05, 0.1) is 5.69 Å². The lowest BCUT2D eigenvalue weighted by Gasteiger charge is -2.39. The maximum absolute atomic E-state index is 5.85. The molecule has 0 N–H and O–H groups in total. The molecular weight excluding hydrogens is 298 g/mol. The molecule has 1 aromatic rings. The van der Waals surface area contributed by atoms with Crippen LogP contribution in [0.5, 0.6) is 0 Å². The van der Waals surface area contributed by atoms with Crippen molar-refractivity contribution in [3.05, 3.63) is 28.2 Å². The third-order valence-corrected chi connectivity index (χ3v) is 4.54. The molecule has 1 nitrogen and oxygen atoms in total. The second kappa shape index (κ2) is 5.62. The topological polar surface area (TPSA) is 3.24 Å². The highest BCUT2D eigenvalue weighted by molar-refractivity contribution is 9.10. The Morgan fingerprint density at radius 3 is 2.76 bits per heavy atom. The van der Waals surface area contributed by atoms with E-state index >= 15 is 0 Å². The molecule has 17 heavy (non-hydrogen) atoms. The lowest BCUT2D eigenvalue weighted by atomic mass is 9.94. The van der Waals surface area contributed by atoms with Crippen molar-refractivity contribution in [2.24, 2.45) is 5.92 Å². The van der Waals surface area contributed by atoms with Crippen molar-refractivity contribution in [2.45, 2.75) is 38.6 Å². The van der Waals surface area contributed by atoms with E-state index < -0.39 is 0 Å². The van der Waals surface area contributed by atoms with Gasteiger partial charge < -0.3 is 4.90 Å². The minimum atomic E-state index is 0.574. The van der Waals surface area contributed by atoms with Crippen LogP contribution in [0.15, 0.2) is 22.7 Å². The molecule has 1 aliphatic heterocycles. The van der Waals surface area contributed by atoms with E-state index in [1.807, 2.05) is 0 Å². The first-order valence-electron chi connectivity index (χ1n) is 6.23. The van der Waals surface area contributed by atoms with Crippen molar-refractivity contribution in [3.8, 4) is 0 Å². The van der Waals surface area contributed by atoms with Crippen molar-refractivity contribution in [2.75, 3.05) is 11.4 Å². The zero-order valence-electron chi connectivity index (χ0n) is 10.4. The number of alkyl halides is 1. The Labute approximate surface area is 117 Å². The molecule has 94 valence electrons. The van der Waals surface area contributed by atoms with Crippen LogP contribution in [-0.4, -0.2) is 12.6 Å². The number of benzene rings is 1. The zero-order chi connectivity index (χ0) is 12.4. The lowest BCUT2D eigenvalue weighted by Crippen LogP contribution is -2.41. The van der Waals surface area contributed by atoms with E-state index in [0.29, 0.717) is 11.9 Å². The summed E-state index contributed by atoms with van der Waals surface area (Å²) in [6.07, 6.45) is 2.62. The molecule has 0 saturated carbocycles. The van der Waals surface area contributed by atoms with E-state index in [-0.39, 0.29) is 0 Å². The van der Waals surface area contributed by atoms with E-state index in [4.69, 9.17) is 11.6 Å². The van der Waals surface area contributed by atoms with Crippen LogP contribution in [0.1, 0.15) is 32.3 Å². The van der Waals surface area contributed by atoms with Gasteiger partial charge in [-0.3, -0.25) is 0 Å². The highest BCUT2D eigenvalue weighted by atomic mass is 79.9. The van der Waals surface area contributed by atoms with Crippen molar-refractivity contribution in [1.29, 1.82) is 0 Å². The molecule has 1 heterocycles. The molecule has 1 aliphatic rings. The summed E-state index contributed by atoms with van der Waals surface area (Å²) in [5.41, 5.74) is 2.47. The molecule has 0 radical (unpaired) electrons. The average Bonchev–Trinajstić information content (AvgIpc) is 2.32. The summed E-state index contributed by atoms with van der Waals surface area (Å²) in [4.78, 5) is 2.51. The number of rotatable bonds is 2. The third-order valence-electron chi connectivity index (χ3n) is 3.59. The van der Waals surface area contributed by atoms with Crippen LogP contribution in [0.4, 0.5) is 5.69 Å². The van der Waals surface area contributed by atoms with Gasteiger partial charge in [-0.1, -0.05) is 13.0 Å². The summed E-state index contributed by atoms with van der Waals surface area (Å²) >= 11 is 9.52. The van der Waals surface area contributed by atoms with Crippen LogP contribution in [0.25, 0.3) is 0 Å². The van der Waals surface area contributed by atoms with Gasteiger partial charge in [0.25, 0.3) is 0 Å². The second-order valence-corrected chi connectivity index (χ2v) is 6.22. The minimum Gasteiger partial charge on any atom is -0.368 e. The number of hydrogen-bond donors (Lipinski definition) is 0. The summed E-state index contributed by atoms with van der Waals surface area (Å²) in [7, 11) is 0. The van der Waals surface area contributed by atoms with Gasteiger partial charge in [-0.15, -0.1) is 11.6 Å². The van der Waals surface area contributed by atoms with E-state index in [0.717, 1.165) is 16.9 Å². The van der Waals surface area contributed by atoms with E-state index in [1.54, 1.807) is 0 Å². The highest BCUT2D eigenvalue weighted by Gasteiger charge is 2.24. The Morgan fingerprint density at radius 1 is 1.35 bits per heavy atom. The lowest BCUT2D eigenvalue weighted by molar-refractivity contribution is 0.390. The number of halogens is 2. The van der Waals surface area contributed by atoms with E-state index in [9.17, 15) is 0 Å². The molecule has 2 unspecified atom stereocenters. The molecule has 0 amide bonds. The van der Waals surface area contributed by atoms with Crippen LogP contribution in [0.2, 0.25) is 0 Å². The number of piperidine rings is 1. The summed E-state index contributed by atoms with van der Waals surface area (Å²) in [6, 6.07) is 7.08. The summed E-state index contributed by atoms with van der Waals surface area (Å²) < 4.78 is 1.16. The Morgan fingerprint density at radius 2 is 2.12 bits per heavy atom. The van der Waals surface area contributed by atoms with Crippen LogP contribution in [-0.2, 0) is 5.88 Å². The Hall–Kier alpha value is -0.210. The first-order chi connectivity index (χ1) is 8.11. The van der Waals surface area contributed by atoms with Gasteiger partial charge in [0.2, 0.25) is 0 Å². The predicted octanol–water partition coefficient (Wildman–Crippen LogP) is 4.81. The molecule has 0 aromatic heterocycles. The fraction of sp³-hybridized carbons (Fsp3) is 0.571. The maximum Gasteiger partial charge on any atom is 0.0513 e. The highest BCUT2D eigenvalue weighted by Crippen LogP contribution is 2.33. The van der Waals surface area contributed by atoms with Gasteiger partial charge in [0.1, 0.15) is 0 Å². The van der Waals surface area contributed by atoms with Crippen molar-refractivity contribution in [3.63, 3.8) is 0 Å². The minimum absolute atomic E-state index is 0.574. The molecular formula is C14H19BrClN. The van der Waals surface area contributed by atoms with Gasteiger partial charge in [-0.05, 0) is 59.3 Å². The predicted molar refractivity (Wildman–Crippen MR) is 78.9 cm³/mol. The molecule has 0 spiro atoms. The second-order valence-electron chi connectivity index (χ2n) is 5.10. The standard InChI is InChI=1S/C14H19BrClN/c1-10-3-4-11(2)17(9-10)14-6-5-12(8-16)7-13(14)15/h5-7,10-11H,3-4,8-9H2,1-2H3. The van der Waals surface area contributed by atoms with Crippen molar-refractivity contribution >= 4 is 33.2 Å². The first kappa shape index (κ1) is 13.2. The van der Waals surface area contributed by atoms with Gasteiger partial charge >= 0.3 is 0 Å². The largest absolute Gasteiger partial charge is 0.368 e. The first-order valence-corrected chi connectivity index (χ1v) is 7.55. The van der Waals surface area contributed by atoms with Gasteiger partial charge in [0.15, 0.2) is 0 Å². The van der Waals surface area contributed by atoms with Crippen LogP contribution >= 0.6 is 27.5 Å². The van der Waals surface area contributed by atoms with Crippen LogP contribution < -0.4 is 4.90 Å². The van der Waals surface area contributed by atoms with E-state index in [2.05, 4.69) is 52.9 Å². The average molecular weight is 317 g/mol. The maximum atomic E-state index is 5.85. The fourth-order valence-electron chi connectivity index (χ4n) is 2.49. The van der Waals surface area contributed by atoms with Gasteiger partial charge in [-0.2, -0.15) is 0 Å². The van der Waals surface area contributed by atoms with Crippen LogP contribution in [0, 0.1) is 5.92 Å².